The van der Waals surface area contributed by atoms with Gasteiger partial charge in [-0.3, -0.25) is 9.59 Å². The van der Waals surface area contributed by atoms with E-state index in [-0.39, 0.29) is 23.7 Å². The normalized spacial score (nSPS) is 26.9. The molecule has 1 N–H and O–H groups in total. The molecular weight excluding hydrogens is 232 g/mol. The molecule has 1 aromatic rings. The summed E-state index contributed by atoms with van der Waals surface area (Å²) in [6, 6.07) is 3.69. The van der Waals surface area contributed by atoms with E-state index in [1.54, 1.807) is 6.07 Å². The molecule has 0 radical (unpaired) electrons. The second-order valence-electron chi connectivity index (χ2n) is 4.95. The molecule has 2 aliphatic rings. The van der Waals surface area contributed by atoms with Gasteiger partial charge in [0, 0.05) is 26.1 Å². The lowest BCUT2D eigenvalue weighted by molar-refractivity contribution is -0.123. The van der Waals surface area contributed by atoms with Crippen molar-refractivity contribution in [3.63, 3.8) is 0 Å². The first-order valence-corrected chi connectivity index (χ1v) is 6.32. The van der Waals surface area contributed by atoms with Crippen LogP contribution in [-0.4, -0.2) is 30.8 Å². The molecule has 0 aliphatic carbocycles. The maximum Gasteiger partial charge on any atom is 0.225 e. The van der Waals surface area contributed by atoms with Gasteiger partial charge in [0.1, 0.15) is 0 Å². The van der Waals surface area contributed by atoms with Crippen LogP contribution in [0, 0.1) is 5.92 Å². The Morgan fingerprint density at radius 2 is 2.33 bits per heavy atom. The zero-order valence-corrected chi connectivity index (χ0v) is 10.3. The quantitative estimate of drug-likeness (QED) is 0.799. The van der Waals surface area contributed by atoms with Crippen LogP contribution in [0.1, 0.15) is 30.3 Å². The first-order valence-electron chi connectivity index (χ1n) is 6.32. The number of nitrogens with zero attached hydrogens (tertiary/aromatic N) is 1. The SMILES string of the molecule is CC(=O)c1ccc(N2CCCC3C(=O)NCC32)o1. The molecule has 0 saturated carbocycles. The number of rotatable bonds is 2. The van der Waals surface area contributed by atoms with Crippen molar-refractivity contribution in [3.05, 3.63) is 17.9 Å². The van der Waals surface area contributed by atoms with E-state index in [0.29, 0.717) is 18.2 Å². The Morgan fingerprint density at radius 3 is 3.06 bits per heavy atom. The molecular formula is C13H16N2O3. The van der Waals surface area contributed by atoms with E-state index in [1.165, 1.54) is 6.92 Å². The minimum Gasteiger partial charge on any atom is -0.437 e. The molecule has 0 bridgehead atoms. The summed E-state index contributed by atoms with van der Waals surface area (Å²) in [6.45, 7) is 3.03. The van der Waals surface area contributed by atoms with Crippen LogP contribution in [0.4, 0.5) is 5.88 Å². The Morgan fingerprint density at radius 1 is 1.50 bits per heavy atom. The number of fused-ring (bicyclic) bond motifs is 1. The van der Waals surface area contributed by atoms with Crippen LogP contribution in [0.15, 0.2) is 16.5 Å². The molecule has 0 spiro atoms. The van der Waals surface area contributed by atoms with Gasteiger partial charge in [0.15, 0.2) is 17.4 Å². The summed E-state index contributed by atoms with van der Waals surface area (Å²) in [5.41, 5.74) is 0. The lowest BCUT2D eigenvalue weighted by Crippen LogP contribution is -2.45. The van der Waals surface area contributed by atoms with Gasteiger partial charge in [0.05, 0.1) is 12.0 Å². The number of ketones is 1. The fraction of sp³-hybridized carbons (Fsp3) is 0.538. The second kappa shape index (κ2) is 4.15. The van der Waals surface area contributed by atoms with Crippen molar-refractivity contribution < 1.29 is 14.0 Å². The van der Waals surface area contributed by atoms with Gasteiger partial charge in [-0.15, -0.1) is 0 Å². The lowest BCUT2D eigenvalue weighted by atomic mass is 9.91. The van der Waals surface area contributed by atoms with Crippen molar-refractivity contribution in [2.24, 2.45) is 5.92 Å². The Labute approximate surface area is 105 Å². The van der Waals surface area contributed by atoms with E-state index in [1.807, 2.05) is 6.07 Å². The summed E-state index contributed by atoms with van der Waals surface area (Å²) in [5, 5.41) is 2.90. The van der Waals surface area contributed by atoms with E-state index in [9.17, 15) is 9.59 Å². The maximum absolute atomic E-state index is 11.7. The van der Waals surface area contributed by atoms with Crippen molar-refractivity contribution in [1.82, 2.24) is 5.32 Å². The summed E-state index contributed by atoms with van der Waals surface area (Å²) < 4.78 is 5.57. The van der Waals surface area contributed by atoms with Crippen LogP contribution < -0.4 is 10.2 Å². The highest BCUT2D eigenvalue weighted by molar-refractivity contribution is 5.91. The van der Waals surface area contributed by atoms with Crippen LogP contribution in [-0.2, 0) is 4.79 Å². The van der Waals surface area contributed by atoms with Crippen LogP contribution in [0.2, 0.25) is 0 Å². The summed E-state index contributed by atoms with van der Waals surface area (Å²) in [4.78, 5) is 25.0. The number of Topliss-reactive ketones (excluding diaryl/α,β-unsaturated/α-hetero) is 1. The smallest absolute Gasteiger partial charge is 0.225 e. The Hall–Kier alpha value is -1.78. The minimum atomic E-state index is -0.0737. The van der Waals surface area contributed by atoms with Crippen LogP contribution in [0.5, 0.6) is 0 Å². The number of furan rings is 1. The maximum atomic E-state index is 11.7. The highest BCUT2D eigenvalue weighted by Crippen LogP contribution is 2.32. The average Bonchev–Trinajstić information content (AvgIpc) is 2.97. The molecule has 5 nitrogen and oxygen atoms in total. The Kier molecular flexibility index (Phi) is 2.61. The highest BCUT2D eigenvalue weighted by Gasteiger charge is 2.41. The molecule has 2 aliphatic heterocycles. The number of amides is 1. The molecule has 2 atom stereocenters. The first-order chi connectivity index (χ1) is 8.66. The number of anilines is 1. The van der Waals surface area contributed by atoms with Crippen molar-refractivity contribution in [1.29, 1.82) is 0 Å². The second-order valence-corrected chi connectivity index (χ2v) is 4.95. The first kappa shape index (κ1) is 11.3. The van der Waals surface area contributed by atoms with Crippen molar-refractivity contribution in [3.8, 4) is 0 Å². The van der Waals surface area contributed by atoms with Crippen molar-refractivity contribution >= 4 is 17.6 Å². The molecule has 5 heteroatoms. The summed E-state index contributed by atoms with van der Waals surface area (Å²) >= 11 is 0. The van der Waals surface area contributed by atoms with E-state index in [0.717, 1.165) is 19.4 Å². The van der Waals surface area contributed by atoms with Gasteiger partial charge < -0.3 is 14.6 Å². The molecule has 3 heterocycles. The van der Waals surface area contributed by atoms with Crippen LogP contribution >= 0.6 is 0 Å². The standard InChI is InChI=1S/C13H16N2O3/c1-8(16)11-4-5-12(18-11)15-6-2-3-9-10(15)7-14-13(9)17/h4-5,9-10H,2-3,6-7H2,1H3,(H,14,17). The number of piperidine rings is 1. The number of hydrogen-bond acceptors (Lipinski definition) is 4. The predicted molar refractivity (Wildman–Crippen MR) is 65.6 cm³/mol. The van der Waals surface area contributed by atoms with Gasteiger partial charge >= 0.3 is 0 Å². The van der Waals surface area contributed by atoms with Gasteiger partial charge in [0.25, 0.3) is 0 Å². The van der Waals surface area contributed by atoms with Crippen LogP contribution in [0.3, 0.4) is 0 Å². The molecule has 2 saturated heterocycles. The number of carbonyl (C=O) groups is 2. The van der Waals surface area contributed by atoms with Gasteiger partial charge in [-0.25, -0.2) is 0 Å². The summed E-state index contributed by atoms with van der Waals surface area (Å²) in [7, 11) is 0. The topological polar surface area (TPSA) is 62.6 Å². The number of hydrogen-bond donors (Lipinski definition) is 1. The molecule has 18 heavy (non-hydrogen) atoms. The fourth-order valence-electron chi connectivity index (χ4n) is 2.90. The van der Waals surface area contributed by atoms with Crippen molar-refractivity contribution in [2.75, 3.05) is 18.0 Å². The zero-order chi connectivity index (χ0) is 12.7. The number of nitrogens with one attached hydrogen (secondary N) is 1. The number of carbonyl (C=O) groups excluding carboxylic acids is 2. The highest BCUT2D eigenvalue weighted by atomic mass is 16.4. The fourth-order valence-corrected chi connectivity index (χ4v) is 2.90. The van der Waals surface area contributed by atoms with Crippen LogP contribution in [0.25, 0.3) is 0 Å². The predicted octanol–water partition coefficient (Wildman–Crippen LogP) is 1.20. The molecule has 2 unspecified atom stereocenters. The zero-order valence-electron chi connectivity index (χ0n) is 10.3. The molecule has 0 aromatic carbocycles. The van der Waals surface area contributed by atoms with E-state index in [4.69, 9.17) is 4.42 Å². The third-order valence-corrected chi connectivity index (χ3v) is 3.82. The van der Waals surface area contributed by atoms with E-state index < -0.39 is 0 Å². The minimum absolute atomic E-state index is 0.0598. The average molecular weight is 248 g/mol. The molecule has 96 valence electrons. The van der Waals surface area contributed by atoms with Gasteiger partial charge in [0.2, 0.25) is 5.91 Å². The summed E-state index contributed by atoms with van der Waals surface area (Å²) in [5.74, 6) is 1.21. The van der Waals surface area contributed by atoms with Gasteiger partial charge in [-0.05, 0) is 18.9 Å². The molecule has 2 fully saturated rings. The monoisotopic (exact) mass is 248 g/mol. The third kappa shape index (κ3) is 1.70. The lowest BCUT2D eigenvalue weighted by Gasteiger charge is -2.35. The van der Waals surface area contributed by atoms with E-state index >= 15 is 0 Å². The largest absolute Gasteiger partial charge is 0.437 e. The van der Waals surface area contributed by atoms with E-state index in [2.05, 4.69) is 10.2 Å². The molecule has 1 amide bonds. The van der Waals surface area contributed by atoms with Gasteiger partial charge in [-0.2, -0.15) is 0 Å². The molecule has 3 rings (SSSR count). The third-order valence-electron chi connectivity index (χ3n) is 3.82. The molecule has 1 aromatic heterocycles. The summed E-state index contributed by atoms with van der Waals surface area (Å²) in [6.07, 6.45) is 1.91. The Bertz CT molecular complexity index is 494. The van der Waals surface area contributed by atoms with Gasteiger partial charge in [-0.1, -0.05) is 0 Å². The Balaban J connectivity index is 1.86. The van der Waals surface area contributed by atoms with Crippen molar-refractivity contribution in [2.45, 2.75) is 25.8 Å².